The highest BCUT2D eigenvalue weighted by atomic mass is 35.5. The first kappa shape index (κ1) is 13.8. The molecule has 0 spiro atoms. The van der Waals surface area contributed by atoms with Crippen LogP contribution in [0.1, 0.15) is 27.9 Å². The van der Waals surface area contributed by atoms with E-state index in [1.807, 2.05) is 6.07 Å². The number of carbonyl (C=O) groups is 1. The SMILES string of the molecule is CC1=[C]C2=C(Cl)C(O)=C(C(=O)c3ccc(C#N)s3)CC2=N1. The van der Waals surface area contributed by atoms with E-state index in [9.17, 15) is 9.90 Å². The second kappa shape index (κ2) is 4.99. The molecule has 1 radical (unpaired) electrons. The molecule has 1 N–H and O–H groups in total. The van der Waals surface area contributed by atoms with Gasteiger partial charge in [0.1, 0.15) is 16.7 Å². The van der Waals surface area contributed by atoms with Gasteiger partial charge in [-0.1, -0.05) is 11.6 Å². The number of allylic oxidation sites excluding steroid dienone is 5. The quantitative estimate of drug-likeness (QED) is 0.846. The van der Waals surface area contributed by atoms with Crippen molar-refractivity contribution in [1.82, 2.24) is 0 Å². The largest absolute Gasteiger partial charge is 0.506 e. The average Bonchev–Trinajstić information content (AvgIpc) is 3.08. The molecule has 0 unspecified atom stereocenters. The number of carbonyl (C=O) groups excluding carboxylic acids is 1. The highest BCUT2D eigenvalue weighted by molar-refractivity contribution is 7.14. The van der Waals surface area contributed by atoms with Gasteiger partial charge in [-0.15, -0.1) is 11.3 Å². The maximum absolute atomic E-state index is 12.5. The van der Waals surface area contributed by atoms with Crippen LogP contribution in [-0.2, 0) is 0 Å². The van der Waals surface area contributed by atoms with Crippen LogP contribution in [0.25, 0.3) is 0 Å². The fourth-order valence-corrected chi connectivity index (χ4v) is 3.25. The third-order valence-corrected chi connectivity index (χ3v) is 4.53. The highest BCUT2D eigenvalue weighted by Crippen LogP contribution is 2.36. The van der Waals surface area contributed by atoms with Crippen molar-refractivity contribution in [3.63, 3.8) is 0 Å². The Morgan fingerprint density at radius 1 is 1.57 bits per heavy atom. The summed E-state index contributed by atoms with van der Waals surface area (Å²) < 4.78 is 0. The van der Waals surface area contributed by atoms with E-state index in [1.165, 1.54) is 0 Å². The summed E-state index contributed by atoms with van der Waals surface area (Å²) in [6.45, 7) is 1.78. The van der Waals surface area contributed by atoms with Gasteiger partial charge in [0.15, 0.2) is 0 Å². The maximum Gasteiger partial charge on any atom is 0.203 e. The number of ketones is 1. The van der Waals surface area contributed by atoms with Crippen LogP contribution in [0.5, 0.6) is 0 Å². The zero-order valence-electron chi connectivity index (χ0n) is 10.9. The van der Waals surface area contributed by atoms with Crippen molar-refractivity contribution in [2.75, 3.05) is 0 Å². The summed E-state index contributed by atoms with van der Waals surface area (Å²) in [4.78, 5) is 17.6. The lowest BCUT2D eigenvalue weighted by molar-refractivity contribution is 0.103. The van der Waals surface area contributed by atoms with Gasteiger partial charge in [0, 0.05) is 23.8 Å². The van der Waals surface area contributed by atoms with Crippen LogP contribution < -0.4 is 0 Å². The maximum atomic E-state index is 12.5. The minimum absolute atomic E-state index is 0.0947. The predicted octanol–water partition coefficient (Wildman–Crippen LogP) is 3.67. The van der Waals surface area contributed by atoms with Crippen molar-refractivity contribution in [1.29, 1.82) is 5.26 Å². The Labute approximate surface area is 130 Å². The fraction of sp³-hybridized carbons (Fsp3) is 0.133. The summed E-state index contributed by atoms with van der Waals surface area (Å²) in [5.74, 6) is -0.562. The number of halogens is 1. The average molecular weight is 316 g/mol. The standard InChI is InChI=1S/C15H8ClN2O2S/c1-7-4-9-11(18-7)5-10(15(20)13(9)16)14(19)12-3-2-8(6-17)21-12/h2-3,20H,5H2,1H3. The smallest absolute Gasteiger partial charge is 0.203 e. The topological polar surface area (TPSA) is 73.4 Å². The Hall–Kier alpha value is -2.16. The van der Waals surface area contributed by atoms with Gasteiger partial charge < -0.3 is 5.11 Å². The Balaban J connectivity index is 2.03. The molecular weight excluding hydrogens is 308 g/mol. The van der Waals surface area contributed by atoms with Crippen molar-refractivity contribution in [2.24, 2.45) is 4.99 Å². The molecule has 0 atom stereocenters. The van der Waals surface area contributed by atoms with Gasteiger partial charge in [0.25, 0.3) is 0 Å². The summed E-state index contributed by atoms with van der Waals surface area (Å²) in [7, 11) is 0. The van der Waals surface area contributed by atoms with E-state index in [2.05, 4.69) is 11.1 Å². The molecule has 2 heterocycles. The second-order valence-electron chi connectivity index (χ2n) is 4.57. The Bertz CT molecular complexity index is 834. The molecule has 1 aromatic rings. The number of Topliss-reactive ketones (excluding diaryl/α,β-unsaturated/α-hetero) is 1. The normalized spacial score (nSPS) is 17.4. The summed E-state index contributed by atoms with van der Waals surface area (Å²) >= 11 is 7.19. The van der Waals surface area contributed by atoms with Gasteiger partial charge in [0.05, 0.1) is 21.2 Å². The van der Waals surface area contributed by atoms with Crippen LogP contribution in [0.3, 0.4) is 0 Å². The molecule has 6 heteroatoms. The number of nitrogens with zero attached hydrogens (tertiary/aromatic N) is 2. The Kier molecular flexibility index (Phi) is 3.28. The summed E-state index contributed by atoms with van der Waals surface area (Å²) in [6.07, 6.45) is 3.17. The molecule has 0 bridgehead atoms. The number of hydrogen-bond donors (Lipinski definition) is 1. The van der Waals surface area contributed by atoms with Crippen molar-refractivity contribution in [2.45, 2.75) is 13.3 Å². The first-order chi connectivity index (χ1) is 10.0. The van der Waals surface area contributed by atoms with Gasteiger partial charge >= 0.3 is 0 Å². The number of nitriles is 1. The van der Waals surface area contributed by atoms with E-state index >= 15 is 0 Å². The van der Waals surface area contributed by atoms with E-state index in [0.717, 1.165) is 11.3 Å². The first-order valence-electron chi connectivity index (χ1n) is 6.06. The number of hydrogen-bond acceptors (Lipinski definition) is 5. The molecule has 0 fully saturated rings. The molecule has 1 aliphatic carbocycles. The molecule has 103 valence electrons. The number of aliphatic imine (C=N–C) groups is 1. The molecule has 3 rings (SSSR count). The number of rotatable bonds is 2. The Morgan fingerprint density at radius 2 is 2.33 bits per heavy atom. The molecule has 4 nitrogen and oxygen atoms in total. The van der Waals surface area contributed by atoms with Gasteiger partial charge in [-0.3, -0.25) is 9.79 Å². The minimum Gasteiger partial charge on any atom is -0.506 e. The Morgan fingerprint density at radius 3 is 3.00 bits per heavy atom. The third kappa shape index (κ3) is 2.23. The molecule has 0 aromatic carbocycles. The van der Waals surface area contributed by atoms with Crippen molar-refractivity contribution in [3.8, 4) is 6.07 Å². The van der Waals surface area contributed by atoms with E-state index in [4.69, 9.17) is 16.9 Å². The zero-order chi connectivity index (χ0) is 15.1. The lowest BCUT2D eigenvalue weighted by atomic mass is 9.92. The second-order valence-corrected chi connectivity index (χ2v) is 6.03. The minimum atomic E-state index is -0.330. The van der Waals surface area contributed by atoms with Crippen molar-refractivity contribution in [3.05, 3.63) is 55.6 Å². The fourth-order valence-electron chi connectivity index (χ4n) is 2.21. The molecule has 0 amide bonds. The number of aliphatic hydroxyl groups excluding tert-OH is 1. The number of thiophene rings is 1. The van der Waals surface area contributed by atoms with Crippen LogP contribution >= 0.6 is 22.9 Å². The third-order valence-electron chi connectivity index (χ3n) is 3.17. The van der Waals surface area contributed by atoms with Gasteiger partial charge in [0.2, 0.25) is 5.78 Å². The molecule has 1 aliphatic heterocycles. The van der Waals surface area contributed by atoms with Crippen LogP contribution in [-0.4, -0.2) is 16.6 Å². The van der Waals surface area contributed by atoms with Crippen molar-refractivity contribution >= 4 is 34.4 Å². The van der Waals surface area contributed by atoms with Crippen LogP contribution in [0, 0.1) is 17.4 Å². The number of fused-ring (bicyclic) bond motifs is 1. The highest BCUT2D eigenvalue weighted by Gasteiger charge is 2.31. The molecular formula is C15H8ClN2O2S. The van der Waals surface area contributed by atoms with Crippen molar-refractivity contribution < 1.29 is 9.90 Å². The first-order valence-corrected chi connectivity index (χ1v) is 7.26. The zero-order valence-corrected chi connectivity index (χ0v) is 12.5. The molecule has 2 aliphatic rings. The summed E-state index contributed by atoms with van der Waals surface area (Å²) in [5, 5.41) is 19.1. The monoisotopic (exact) mass is 315 g/mol. The summed E-state index contributed by atoms with van der Waals surface area (Å²) in [6, 6.07) is 5.13. The van der Waals surface area contributed by atoms with Gasteiger partial charge in [-0.2, -0.15) is 5.26 Å². The van der Waals surface area contributed by atoms with Gasteiger partial charge in [-0.25, -0.2) is 0 Å². The molecule has 0 saturated carbocycles. The van der Waals surface area contributed by atoms with Gasteiger partial charge in [-0.05, 0) is 19.1 Å². The lowest BCUT2D eigenvalue weighted by Gasteiger charge is -2.16. The molecule has 1 aromatic heterocycles. The van der Waals surface area contributed by atoms with E-state index in [1.54, 1.807) is 19.1 Å². The van der Waals surface area contributed by atoms with E-state index in [0.29, 0.717) is 26.7 Å². The van der Waals surface area contributed by atoms with Crippen LogP contribution in [0.4, 0.5) is 0 Å². The molecule has 0 saturated heterocycles. The van der Waals surface area contributed by atoms with Crippen LogP contribution in [0.15, 0.2) is 44.8 Å². The van der Waals surface area contributed by atoms with E-state index < -0.39 is 0 Å². The predicted molar refractivity (Wildman–Crippen MR) is 80.4 cm³/mol. The number of aliphatic hydroxyl groups is 1. The molecule has 21 heavy (non-hydrogen) atoms. The summed E-state index contributed by atoms with van der Waals surface area (Å²) in [5.41, 5.74) is 2.05. The lowest BCUT2D eigenvalue weighted by Crippen LogP contribution is -2.16. The van der Waals surface area contributed by atoms with Crippen LogP contribution in [0.2, 0.25) is 0 Å². The van der Waals surface area contributed by atoms with E-state index in [-0.39, 0.29) is 28.6 Å².